The summed E-state index contributed by atoms with van der Waals surface area (Å²) in [5.74, 6) is 0.866. The van der Waals surface area contributed by atoms with Gasteiger partial charge in [0.25, 0.3) is 0 Å². The Hall–Kier alpha value is -1.42. The van der Waals surface area contributed by atoms with Crippen LogP contribution >= 0.6 is 15.9 Å². The van der Waals surface area contributed by atoms with E-state index in [2.05, 4.69) is 45.0 Å². The Bertz CT molecular complexity index is 576. The molecule has 2 aromatic rings. The number of hydrogen-bond donors (Lipinski definition) is 0. The highest BCUT2D eigenvalue weighted by Gasteiger charge is 2.12. The molecule has 0 aliphatic carbocycles. The van der Waals surface area contributed by atoms with E-state index in [4.69, 9.17) is 4.74 Å². The van der Waals surface area contributed by atoms with Gasteiger partial charge in [-0.1, -0.05) is 6.07 Å². The van der Waals surface area contributed by atoms with Crippen molar-refractivity contribution in [2.45, 2.75) is 20.8 Å². The second-order valence-corrected chi connectivity index (χ2v) is 5.04. The molecule has 0 atom stereocenters. The molecule has 94 valence electrons. The maximum Gasteiger partial charge on any atom is 0.197 e. The maximum absolute atomic E-state index is 5.49. The third-order valence-corrected chi connectivity index (χ3v) is 3.08. The molecule has 0 fully saturated rings. The van der Waals surface area contributed by atoms with Gasteiger partial charge < -0.3 is 4.74 Å². The Kier molecular flexibility index (Phi) is 3.66. The monoisotopic (exact) mass is 306 g/mol. The molecule has 1 heterocycles. The van der Waals surface area contributed by atoms with Gasteiger partial charge in [0.1, 0.15) is 5.75 Å². The smallest absolute Gasteiger partial charge is 0.197 e. The number of aryl methyl sites for hydroxylation is 3. The first-order valence-corrected chi connectivity index (χ1v) is 6.47. The standard InChI is InChI=1S/C14H15BrN2O/c1-8-5-9(2)13(18-4)11(6-8)12-7-10(3)16-14(15)17-12/h5-7H,1-4H3. The van der Waals surface area contributed by atoms with E-state index in [1.807, 2.05) is 19.9 Å². The van der Waals surface area contributed by atoms with Crippen molar-refractivity contribution in [3.8, 4) is 17.0 Å². The molecular formula is C14H15BrN2O. The van der Waals surface area contributed by atoms with Crippen molar-refractivity contribution in [3.05, 3.63) is 39.8 Å². The number of halogens is 1. The minimum atomic E-state index is 0.596. The summed E-state index contributed by atoms with van der Waals surface area (Å²) in [6.07, 6.45) is 0. The molecule has 0 unspecified atom stereocenters. The average Bonchev–Trinajstić information content (AvgIpc) is 2.26. The van der Waals surface area contributed by atoms with Gasteiger partial charge in [-0.05, 0) is 60.0 Å². The van der Waals surface area contributed by atoms with E-state index in [1.165, 1.54) is 5.56 Å². The molecule has 2 rings (SSSR count). The van der Waals surface area contributed by atoms with Crippen LogP contribution in [0.2, 0.25) is 0 Å². The first-order valence-electron chi connectivity index (χ1n) is 5.68. The molecule has 0 spiro atoms. The third-order valence-electron chi connectivity index (χ3n) is 2.73. The molecule has 1 aromatic heterocycles. The topological polar surface area (TPSA) is 35.0 Å². The lowest BCUT2D eigenvalue weighted by molar-refractivity contribution is 0.413. The van der Waals surface area contributed by atoms with E-state index in [1.54, 1.807) is 7.11 Å². The van der Waals surface area contributed by atoms with Gasteiger partial charge in [0.15, 0.2) is 4.73 Å². The summed E-state index contributed by atoms with van der Waals surface area (Å²) < 4.78 is 6.09. The molecule has 0 bridgehead atoms. The Morgan fingerprint density at radius 3 is 2.39 bits per heavy atom. The van der Waals surface area contributed by atoms with Gasteiger partial charge in [0.05, 0.1) is 12.8 Å². The van der Waals surface area contributed by atoms with Crippen LogP contribution in [0, 0.1) is 20.8 Å². The summed E-state index contributed by atoms with van der Waals surface area (Å²) in [5, 5.41) is 0. The van der Waals surface area contributed by atoms with Crippen molar-refractivity contribution in [1.82, 2.24) is 9.97 Å². The van der Waals surface area contributed by atoms with Crippen LogP contribution in [0.5, 0.6) is 5.75 Å². The van der Waals surface area contributed by atoms with Crippen LogP contribution in [-0.4, -0.2) is 17.1 Å². The molecule has 18 heavy (non-hydrogen) atoms. The zero-order valence-corrected chi connectivity index (χ0v) is 12.5. The fourth-order valence-electron chi connectivity index (χ4n) is 2.09. The Labute approximate surface area is 115 Å². The van der Waals surface area contributed by atoms with Crippen molar-refractivity contribution >= 4 is 15.9 Å². The third kappa shape index (κ3) is 2.53. The fraction of sp³-hybridized carbons (Fsp3) is 0.286. The fourth-order valence-corrected chi connectivity index (χ4v) is 2.56. The van der Waals surface area contributed by atoms with Crippen LogP contribution in [-0.2, 0) is 0 Å². The van der Waals surface area contributed by atoms with Gasteiger partial charge >= 0.3 is 0 Å². The molecule has 0 aliphatic rings. The van der Waals surface area contributed by atoms with Crippen LogP contribution in [0.4, 0.5) is 0 Å². The molecule has 4 heteroatoms. The molecule has 0 saturated carbocycles. The van der Waals surface area contributed by atoms with E-state index in [9.17, 15) is 0 Å². The van der Waals surface area contributed by atoms with Gasteiger partial charge in [-0.15, -0.1) is 0 Å². The van der Waals surface area contributed by atoms with Crippen molar-refractivity contribution in [3.63, 3.8) is 0 Å². The number of rotatable bonds is 2. The van der Waals surface area contributed by atoms with Crippen LogP contribution < -0.4 is 4.74 Å². The van der Waals surface area contributed by atoms with Crippen LogP contribution in [0.15, 0.2) is 22.9 Å². The number of benzene rings is 1. The van der Waals surface area contributed by atoms with Gasteiger partial charge in [-0.25, -0.2) is 9.97 Å². The van der Waals surface area contributed by atoms with Crippen LogP contribution in [0.1, 0.15) is 16.8 Å². The molecule has 0 aliphatic heterocycles. The van der Waals surface area contributed by atoms with E-state index >= 15 is 0 Å². The van der Waals surface area contributed by atoms with Gasteiger partial charge in [-0.3, -0.25) is 0 Å². The zero-order valence-electron chi connectivity index (χ0n) is 10.9. The van der Waals surface area contributed by atoms with Crippen LogP contribution in [0.3, 0.4) is 0 Å². The number of ether oxygens (including phenoxy) is 1. The Balaban J connectivity index is 2.69. The second kappa shape index (κ2) is 5.06. The maximum atomic E-state index is 5.49. The normalized spacial score (nSPS) is 10.5. The number of aromatic nitrogens is 2. The molecular weight excluding hydrogens is 292 g/mol. The van der Waals surface area contributed by atoms with E-state index in [0.717, 1.165) is 28.3 Å². The second-order valence-electron chi connectivity index (χ2n) is 4.33. The predicted molar refractivity (Wildman–Crippen MR) is 75.9 cm³/mol. The molecule has 1 aromatic carbocycles. The van der Waals surface area contributed by atoms with Gasteiger partial charge in [0, 0.05) is 11.3 Å². The lowest BCUT2D eigenvalue weighted by Crippen LogP contribution is -1.96. The van der Waals surface area contributed by atoms with Crippen LogP contribution in [0.25, 0.3) is 11.3 Å². The lowest BCUT2D eigenvalue weighted by atomic mass is 10.0. The lowest BCUT2D eigenvalue weighted by Gasteiger charge is -2.12. The Morgan fingerprint density at radius 2 is 1.78 bits per heavy atom. The first kappa shape index (κ1) is 13.0. The highest BCUT2D eigenvalue weighted by atomic mass is 79.9. The Morgan fingerprint density at radius 1 is 1.06 bits per heavy atom. The molecule has 0 saturated heterocycles. The highest BCUT2D eigenvalue weighted by Crippen LogP contribution is 2.33. The average molecular weight is 307 g/mol. The van der Waals surface area contributed by atoms with E-state index < -0.39 is 0 Å². The highest BCUT2D eigenvalue weighted by molar-refractivity contribution is 9.10. The van der Waals surface area contributed by atoms with Crippen molar-refractivity contribution in [2.75, 3.05) is 7.11 Å². The molecule has 0 radical (unpaired) electrons. The largest absolute Gasteiger partial charge is 0.496 e. The van der Waals surface area contributed by atoms with Crippen molar-refractivity contribution < 1.29 is 4.74 Å². The zero-order chi connectivity index (χ0) is 13.3. The van der Waals surface area contributed by atoms with Crippen molar-refractivity contribution in [2.24, 2.45) is 0 Å². The summed E-state index contributed by atoms with van der Waals surface area (Å²) >= 11 is 3.33. The van der Waals surface area contributed by atoms with E-state index in [0.29, 0.717) is 4.73 Å². The summed E-state index contributed by atoms with van der Waals surface area (Å²) in [4.78, 5) is 8.65. The number of methoxy groups -OCH3 is 1. The van der Waals surface area contributed by atoms with E-state index in [-0.39, 0.29) is 0 Å². The predicted octanol–water partition coefficient (Wildman–Crippen LogP) is 3.84. The SMILES string of the molecule is COc1c(C)cc(C)cc1-c1cc(C)nc(Br)n1. The van der Waals surface area contributed by atoms with Gasteiger partial charge in [0.2, 0.25) is 0 Å². The quantitative estimate of drug-likeness (QED) is 0.791. The molecule has 3 nitrogen and oxygen atoms in total. The summed E-state index contributed by atoms with van der Waals surface area (Å²) in [6.45, 7) is 6.06. The molecule has 0 N–H and O–H groups in total. The molecule has 0 amide bonds. The summed E-state index contributed by atoms with van der Waals surface area (Å²) in [5.41, 5.74) is 5.10. The first-order chi connectivity index (χ1) is 8.51. The summed E-state index contributed by atoms with van der Waals surface area (Å²) in [7, 11) is 1.68. The minimum absolute atomic E-state index is 0.596. The summed E-state index contributed by atoms with van der Waals surface area (Å²) in [6, 6.07) is 6.15. The van der Waals surface area contributed by atoms with Crippen molar-refractivity contribution in [1.29, 1.82) is 0 Å². The number of hydrogen-bond acceptors (Lipinski definition) is 3. The van der Waals surface area contributed by atoms with Gasteiger partial charge in [-0.2, -0.15) is 0 Å². The number of nitrogens with zero attached hydrogens (tertiary/aromatic N) is 2. The minimum Gasteiger partial charge on any atom is -0.496 e.